The molecule has 2 unspecified atom stereocenters. The number of benzene rings is 1. The maximum absolute atomic E-state index is 12.2. The second-order valence-corrected chi connectivity index (χ2v) is 7.80. The molecule has 2 rings (SSSR count). The molecule has 1 aromatic carbocycles. The lowest BCUT2D eigenvalue weighted by Crippen LogP contribution is -2.50. The fourth-order valence-corrected chi connectivity index (χ4v) is 3.74. The van der Waals surface area contributed by atoms with Gasteiger partial charge < -0.3 is 19.1 Å². The number of ether oxygens (including phenoxy) is 3. The number of esters is 1. The fourth-order valence-electron chi connectivity index (χ4n) is 3.74. The normalized spacial score (nSPS) is 20.5. The Morgan fingerprint density at radius 2 is 1.83 bits per heavy atom. The third-order valence-corrected chi connectivity index (χ3v) is 5.41. The largest absolute Gasteiger partial charge is 0.463 e. The van der Waals surface area contributed by atoms with E-state index >= 15 is 0 Å². The highest BCUT2D eigenvalue weighted by Crippen LogP contribution is 2.31. The van der Waals surface area contributed by atoms with Crippen molar-refractivity contribution in [2.24, 2.45) is 0 Å². The number of nitrogens with zero attached hydrogens (tertiary/aromatic N) is 1. The number of likely N-dealkylation sites (tertiary alicyclic amines) is 1. The van der Waals surface area contributed by atoms with Crippen molar-refractivity contribution in [3.05, 3.63) is 47.7 Å². The van der Waals surface area contributed by atoms with Crippen molar-refractivity contribution in [2.45, 2.75) is 78.0 Å². The summed E-state index contributed by atoms with van der Waals surface area (Å²) in [6, 6.07) is 10.5. The molecule has 1 saturated heterocycles. The number of hydrogen-bond donors (Lipinski definition) is 0. The number of hydrogen-bond acceptors (Lipinski definition) is 5. The summed E-state index contributed by atoms with van der Waals surface area (Å²) in [6.07, 6.45) is 7.79. The summed E-state index contributed by atoms with van der Waals surface area (Å²) in [4.78, 5) is 14.5. The summed E-state index contributed by atoms with van der Waals surface area (Å²) in [5.74, 6) is -0.276. The van der Waals surface area contributed by atoms with Crippen molar-refractivity contribution >= 4 is 5.97 Å². The van der Waals surface area contributed by atoms with Crippen LogP contribution in [0.3, 0.4) is 0 Å². The van der Waals surface area contributed by atoms with E-state index in [4.69, 9.17) is 14.2 Å². The van der Waals surface area contributed by atoms with Crippen molar-refractivity contribution in [3.63, 3.8) is 0 Å². The van der Waals surface area contributed by atoms with Crippen LogP contribution >= 0.6 is 0 Å². The molecule has 2 atom stereocenters. The van der Waals surface area contributed by atoms with Gasteiger partial charge in [0.1, 0.15) is 0 Å². The maximum atomic E-state index is 12.2. The van der Waals surface area contributed by atoms with Gasteiger partial charge in [-0.2, -0.15) is 0 Å². The molecule has 5 nitrogen and oxygen atoms in total. The zero-order valence-electron chi connectivity index (χ0n) is 19.0. The highest BCUT2D eigenvalue weighted by molar-refractivity contribution is 5.82. The second-order valence-electron chi connectivity index (χ2n) is 7.80. The lowest BCUT2D eigenvalue weighted by atomic mass is 9.95. The van der Waals surface area contributed by atoms with Crippen LogP contribution in [0.25, 0.3) is 0 Å². The summed E-state index contributed by atoms with van der Waals surface area (Å²) < 4.78 is 17.5. The molecule has 168 valence electrons. The van der Waals surface area contributed by atoms with Crippen LogP contribution in [0.1, 0.15) is 64.9 Å². The van der Waals surface area contributed by atoms with E-state index in [1.165, 1.54) is 5.56 Å². The first-order chi connectivity index (χ1) is 14.7. The van der Waals surface area contributed by atoms with Crippen LogP contribution in [0, 0.1) is 0 Å². The van der Waals surface area contributed by atoms with Gasteiger partial charge in [-0.25, -0.2) is 4.79 Å². The van der Waals surface area contributed by atoms with Crippen molar-refractivity contribution in [1.82, 2.24) is 4.90 Å². The van der Waals surface area contributed by atoms with Gasteiger partial charge in [-0.3, -0.25) is 0 Å². The smallest absolute Gasteiger partial charge is 0.332 e. The van der Waals surface area contributed by atoms with Gasteiger partial charge in [0.2, 0.25) is 0 Å². The Kier molecular flexibility index (Phi) is 11.6. The van der Waals surface area contributed by atoms with Crippen molar-refractivity contribution < 1.29 is 19.0 Å². The molecule has 0 radical (unpaired) electrons. The van der Waals surface area contributed by atoms with Crippen LogP contribution in [0.15, 0.2) is 42.1 Å². The van der Waals surface area contributed by atoms with Crippen molar-refractivity contribution in [3.8, 4) is 0 Å². The Bertz CT molecular complexity index is 631. The van der Waals surface area contributed by atoms with Gasteiger partial charge >= 0.3 is 5.97 Å². The molecule has 1 heterocycles. The van der Waals surface area contributed by atoms with Crippen molar-refractivity contribution in [2.75, 3.05) is 26.4 Å². The minimum atomic E-state index is -0.276. The van der Waals surface area contributed by atoms with Gasteiger partial charge in [-0.1, -0.05) is 57.0 Å². The molecule has 1 aliphatic rings. The molecule has 30 heavy (non-hydrogen) atoms. The predicted molar refractivity (Wildman–Crippen MR) is 120 cm³/mol. The molecule has 0 spiro atoms. The van der Waals surface area contributed by atoms with Crippen LogP contribution in [0.2, 0.25) is 0 Å². The predicted octanol–water partition coefficient (Wildman–Crippen LogP) is 5.10. The van der Waals surface area contributed by atoms with E-state index in [9.17, 15) is 4.79 Å². The van der Waals surface area contributed by atoms with Gasteiger partial charge in [0.15, 0.2) is 0 Å². The van der Waals surface area contributed by atoms with Gasteiger partial charge in [0, 0.05) is 31.5 Å². The number of piperidine rings is 1. The second kappa shape index (κ2) is 14.2. The summed E-state index contributed by atoms with van der Waals surface area (Å²) in [6.45, 7) is 9.41. The Morgan fingerprint density at radius 3 is 2.53 bits per heavy atom. The highest BCUT2D eigenvalue weighted by Gasteiger charge is 2.35. The number of carbonyl (C=O) groups excluding carboxylic acids is 1. The van der Waals surface area contributed by atoms with E-state index in [1.807, 2.05) is 13.0 Å². The molecule has 0 N–H and O–H groups in total. The minimum Gasteiger partial charge on any atom is -0.463 e. The minimum absolute atomic E-state index is 0.0772. The zero-order valence-corrected chi connectivity index (χ0v) is 19.0. The Morgan fingerprint density at radius 1 is 1.10 bits per heavy atom. The first-order valence-electron chi connectivity index (χ1n) is 11.6. The topological polar surface area (TPSA) is 48.0 Å². The van der Waals surface area contributed by atoms with Gasteiger partial charge in [0.05, 0.1) is 25.4 Å². The van der Waals surface area contributed by atoms with E-state index in [0.29, 0.717) is 13.2 Å². The van der Waals surface area contributed by atoms with E-state index in [0.717, 1.165) is 64.0 Å². The first kappa shape index (κ1) is 24.4. The molecule has 0 bridgehead atoms. The first-order valence-corrected chi connectivity index (χ1v) is 11.6. The zero-order chi connectivity index (χ0) is 21.6. The molecular weight excluding hydrogens is 378 g/mol. The van der Waals surface area contributed by atoms with Crippen LogP contribution in [-0.4, -0.2) is 49.4 Å². The van der Waals surface area contributed by atoms with E-state index in [2.05, 4.69) is 43.0 Å². The molecule has 0 aromatic heterocycles. The third-order valence-electron chi connectivity index (χ3n) is 5.41. The Balaban J connectivity index is 2.24. The van der Waals surface area contributed by atoms with Crippen molar-refractivity contribution in [1.29, 1.82) is 0 Å². The molecule has 0 aliphatic carbocycles. The number of rotatable bonds is 13. The van der Waals surface area contributed by atoms with E-state index in [1.54, 1.807) is 6.08 Å². The molecule has 1 aliphatic heterocycles. The summed E-state index contributed by atoms with van der Waals surface area (Å²) in [7, 11) is 0. The van der Waals surface area contributed by atoms with Gasteiger partial charge in [-0.05, 0) is 38.2 Å². The third kappa shape index (κ3) is 8.11. The van der Waals surface area contributed by atoms with Crippen LogP contribution in [-0.2, 0) is 25.5 Å². The molecule has 5 heteroatoms. The molecule has 1 fully saturated rings. The quantitative estimate of drug-likeness (QED) is 0.254. The lowest BCUT2D eigenvalue weighted by molar-refractivity contribution is -0.137. The number of allylic oxidation sites excluding steroid dienone is 1. The Labute approximate surface area is 182 Å². The average molecular weight is 418 g/mol. The highest BCUT2D eigenvalue weighted by atomic mass is 16.5. The molecule has 0 saturated carbocycles. The van der Waals surface area contributed by atoms with E-state index < -0.39 is 0 Å². The van der Waals surface area contributed by atoms with Crippen LogP contribution < -0.4 is 0 Å². The SMILES string of the molecule is CCCCOCC1C(OCCCC)CC/C(=C\C(=O)OCC)N1Cc1ccccc1. The molecule has 1 aromatic rings. The van der Waals surface area contributed by atoms with Gasteiger partial charge in [0.25, 0.3) is 0 Å². The summed E-state index contributed by atoms with van der Waals surface area (Å²) in [5.41, 5.74) is 2.22. The number of carbonyl (C=O) groups is 1. The standard InChI is InChI=1S/C25H39NO4/c1-4-7-16-28-20-23-24(30-17-8-5-2)15-14-22(18-25(27)29-6-3)26(23)19-21-12-10-9-11-13-21/h9-13,18,23-24H,4-8,14-17,19-20H2,1-3H3/b22-18+. The fraction of sp³-hybridized carbons (Fsp3) is 0.640. The molecular formula is C25H39NO4. The summed E-state index contributed by atoms with van der Waals surface area (Å²) >= 11 is 0. The molecule has 0 amide bonds. The summed E-state index contributed by atoms with van der Waals surface area (Å²) in [5, 5.41) is 0. The van der Waals surface area contributed by atoms with E-state index in [-0.39, 0.29) is 18.1 Å². The van der Waals surface area contributed by atoms with Gasteiger partial charge in [-0.15, -0.1) is 0 Å². The average Bonchev–Trinajstić information content (AvgIpc) is 2.75. The maximum Gasteiger partial charge on any atom is 0.332 e. The monoisotopic (exact) mass is 417 g/mol. The van der Waals surface area contributed by atoms with Crippen LogP contribution in [0.5, 0.6) is 0 Å². The van der Waals surface area contributed by atoms with Crippen LogP contribution in [0.4, 0.5) is 0 Å². The number of unbranched alkanes of at least 4 members (excludes halogenated alkanes) is 2. The lowest BCUT2D eigenvalue weighted by Gasteiger charge is -2.44. The Hall–Kier alpha value is -1.85.